The van der Waals surface area contributed by atoms with Crippen LogP contribution in [-0.4, -0.2) is 17.9 Å². The maximum Gasteiger partial charge on any atom is 0.407 e. The van der Waals surface area contributed by atoms with Crippen molar-refractivity contribution in [3.8, 4) is 11.3 Å². The molecule has 0 saturated heterocycles. The van der Waals surface area contributed by atoms with Crippen LogP contribution in [0.1, 0.15) is 16.2 Å². The number of aryl methyl sites for hydroxylation is 2. The van der Waals surface area contributed by atoms with Crippen molar-refractivity contribution in [1.82, 2.24) is 10.3 Å². The molecule has 1 amide bonds. The summed E-state index contributed by atoms with van der Waals surface area (Å²) in [6.07, 6.45) is 1.82. The summed E-state index contributed by atoms with van der Waals surface area (Å²) in [7, 11) is 3.59. The van der Waals surface area contributed by atoms with Gasteiger partial charge in [-0.1, -0.05) is 18.2 Å². The van der Waals surface area contributed by atoms with Crippen molar-refractivity contribution in [2.75, 3.05) is 7.05 Å². The van der Waals surface area contributed by atoms with Crippen LogP contribution in [0.4, 0.5) is 0 Å². The van der Waals surface area contributed by atoms with Crippen LogP contribution in [0.5, 0.6) is 0 Å². The summed E-state index contributed by atoms with van der Waals surface area (Å²) in [5.74, 6) is -0.127. The van der Waals surface area contributed by atoms with Crippen LogP contribution in [0.3, 0.4) is 0 Å². The Balaban J connectivity index is 2.36. The van der Waals surface area contributed by atoms with E-state index >= 15 is 0 Å². The Hall–Kier alpha value is -2.69. The number of nitrogens with zero attached hydrogens (tertiary/aromatic N) is 2. The van der Waals surface area contributed by atoms with Crippen LogP contribution < -0.4 is 14.3 Å². The molecule has 1 aromatic carbocycles. The van der Waals surface area contributed by atoms with E-state index in [9.17, 15) is 4.79 Å². The molecule has 0 bridgehead atoms. The number of carbonyl (C=O) groups is 1. The molecule has 3 aromatic rings. The molecule has 0 atom stereocenters. The van der Waals surface area contributed by atoms with Gasteiger partial charge in [0.2, 0.25) is 0 Å². The predicted octanol–water partition coefficient (Wildman–Crippen LogP) is 0.913. The third-order valence-corrected chi connectivity index (χ3v) is 3.77. The van der Waals surface area contributed by atoms with Gasteiger partial charge in [-0.05, 0) is 12.1 Å². The number of amides is 1. The van der Waals surface area contributed by atoms with E-state index < -0.39 is 0 Å². The summed E-state index contributed by atoms with van der Waals surface area (Å²) < 4.78 is 4.01. The van der Waals surface area contributed by atoms with Gasteiger partial charge in [0.25, 0.3) is 0 Å². The number of aromatic amines is 1. The molecule has 0 unspecified atom stereocenters. The Morgan fingerprint density at radius 1 is 1.24 bits per heavy atom. The summed E-state index contributed by atoms with van der Waals surface area (Å²) >= 11 is 0. The van der Waals surface area contributed by atoms with E-state index in [0.717, 1.165) is 22.6 Å². The average Bonchev–Trinajstić information content (AvgIpc) is 2.96. The molecule has 5 heteroatoms. The summed E-state index contributed by atoms with van der Waals surface area (Å²) in [6, 6.07) is 12.3. The molecule has 0 aliphatic heterocycles. The van der Waals surface area contributed by atoms with Crippen LogP contribution in [0, 0.1) is 6.92 Å². The van der Waals surface area contributed by atoms with Crippen LogP contribution in [0.15, 0.2) is 42.7 Å². The number of aromatic nitrogens is 3. The number of imidazole rings is 1. The van der Waals surface area contributed by atoms with E-state index in [2.05, 4.69) is 28.5 Å². The Kier molecular flexibility index (Phi) is 3.17. The van der Waals surface area contributed by atoms with Crippen molar-refractivity contribution in [3.63, 3.8) is 0 Å². The van der Waals surface area contributed by atoms with Gasteiger partial charge in [-0.25, -0.2) is 4.98 Å². The maximum absolute atomic E-state index is 12.0. The molecule has 0 aliphatic carbocycles. The molecule has 5 nitrogen and oxygen atoms in total. The standard InChI is InChI=1S/C16H16N4O/c1-11-9-13(12-7-5-4-6-8-12)20-10-18-14(15(21)17-2)16(20)19(11)3/h4-10H,1-3H3/p+2. The Labute approximate surface area is 122 Å². The van der Waals surface area contributed by atoms with Crippen molar-refractivity contribution in [1.29, 1.82) is 0 Å². The van der Waals surface area contributed by atoms with Crippen molar-refractivity contribution in [2.45, 2.75) is 6.92 Å². The quantitative estimate of drug-likeness (QED) is 0.675. The number of benzene rings is 1. The lowest BCUT2D eigenvalue weighted by atomic mass is 10.1. The number of rotatable bonds is 2. The Morgan fingerprint density at radius 3 is 2.62 bits per heavy atom. The van der Waals surface area contributed by atoms with E-state index in [1.165, 1.54) is 0 Å². The fourth-order valence-corrected chi connectivity index (χ4v) is 2.54. The highest BCUT2D eigenvalue weighted by molar-refractivity contribution is 5.96. The monoisotopic (exact) mass is 282 g/mol. The summed E-state index contributed by atoms with van der Waals surface area (Å²) in [5.41, 5.74) is 4.64. The molecule has 2 N–H and O–H groups in total. The largest absolute Gasteiger partial charge is 0.407 e. The SMILES string of the molecule is CNC(=O)c1[nH]c[n+]2c(-c3ccccc3)cc(C)[n+](C)c12. The van der Waals surface area contributed by atoms with Gasteiger partial charge in [-0.15, -0.1) is 4.40 Å². The van der Waals surface area contributed by atoms with Crippen LogP contribution in [-0.2, 0) is 7.05 Å². The summed E-state index contributed by atoms with van der Waals surface area (Å²) in [4.78, 5) is 15.1. The highest BCUT2D eigenvalue weighted by Gasteiger charge is 2.30. The zero-order valence-corrected chi connectivity index (χ0v) is 12.3. The molecule has 2 heterocycles. The molecule has 0 saturated carbocycles. The van der Waals surface area contributed by atoms with Crippen molar-refractivity contribution >= 4 is 11.6 Å². The molecular weight excluding hydrogens is 264 g/mol. The molecular formula is C16H18N4O+2. The van der Waals surface area contributed by atoms with E-state index in [1.54, 1.807) is 7.05 Å². The summed E-state index contributed by atoms with van der Waals surface area (Å²) in [5, 5.41) is 2.67. The van der Waals surface area contributed by atoms with Crippen molar-refractivity contribution < 1.29 is 13.8 Å². The maximum atomic E-state index is 12.0. The zero-order valence-electron chi connectivity index (χ0n) is 12.3. The number of hydrogen-bond acceptors (Lipinski definition) is 1. The van der Waals surface area contributed by atoms with E-state index in [4.69, 9.17) is 0 Å². The molecule has 106 valence electrons. The smallest absolute Gasteiger partial charge is 0.351 e. The highest BCUT2D eigenvalue weighted by Crippen LogP contribution is 2.16. The zero-order chi connectivity index (χ0) is 15.0. The number of nitrogens with one attached hydrogen (secondary N) is 2. The van der Waals surface area contributed by atoms with Crippen LogP contribution in [0.25, 0.3) is 16.9 Å². The first-order valence-corrected chi connectivity index (χ1v) is 6.83. The Morgan fingerprint density at radius 2 is 1.95 bits per heavy atom. The minimum absolute atomic E-state index is 0.127. The molecule has 0 spiro atoms. The molecule has 0 aliphatic rings. The second-order valence-electron chi connectivity index (χ2n) is 5.02. The lowest BCUT2D eigenvalue weighted by molar-refractivity contribution is -0.714. The molecule has 2 aromatic heterocycles. The van der Waals surface area contributed by atoms with E-state index in [-0.39, 0.29) is 5.91 Å². The van der Waals surface area contributed by atoms with Gasteiger partial charge < -0.3 is 5.32 Å². The second kappa shape index (κ2) is 5.01. The van der Waals surface area contributed by atoms with Crippen LogP contribution in [0.2, 0.25) is 0 Å². The second-order valence-corrected chi connectivity index (χ2v) is 5.02. The fraction of sp³-hybridized carbons (Fsp3) is 0.188. The van der Waals surface area contributed by atoms with Crippen LogP contribution >= 0.6 is 0 Å². The Bertz CT molecular complexity index is 821. The number of H-pyrrole nitrogens is 1. The molecule has 3 rings (SSSR count). The highest BCUT2D eigenvalue weighted by atomic mass is 16.1. The summed E-state index contributed by atoms with van der Waals surface area (Å²) in [6.45, 7) is 2.03. The minimum Gasteiger partial charge on any atom is -0.351 e. The molecule has 21 heavy (non-hydrogen) atoms. The first-order chi connectivity index (χ1) is 10.1. The number of hydrogen-bond donors (Lipinski definition) is 2. The number of fused-ring (bicyclic) bond motifs is 1. The van der Waals surface area contributed by atoms with Crippen molar-refractivity contribution in [3.05, 3.63) is 54.1 Å². The first-order valence-electron chi connectivity index (χ1n) is 6.83. The van der Waals surface area contributed by atoms with Gasteiger partial charge in [-0.2, -0.15) is 4.57 Å². The van der Waals surface area contributed by atoms with Gasteiger partial charge in [-0.3, -0.25) is 4.79 Å². The minimum atomic E-state index is -0.127. The third-order valence-electron chi connectivity index (χ3n) is 3.77. The number of carbonyl (C=O) groups excluding carboxylic acids is 1. The average molecular weight is 282 g/mol. The van der Waals surface area contributed by atoms with Gasteiger partial charge in [0.1, 0.15) is 12.7 Å². The van der Waals surface area contributed by atoms with E-state index in [1.807, 2.05) is 47.5 Å². The first kappa shape index (κ1) is 13.3. The predicted molar refractivity (Wildman–Crippen MR) is 78.7 cm³/mol. The van der Waals surface area contributed by atoms with Gasteiger partial charge >= 0.3 is 23.6 Å². The fourth-order valence-electron chi connectivity index (χ4n) is 2.54. The lowest BCUT2D eigenvalue weighted by Gasteiger charge is -2.02. The molecule has 0 fully saturated rings. The lowest BCUT2D eigenvalue weighted by Crippen LogP contribution is -2.44. The topological polar surface area (TPSA) is 52.9 Å². The van der Waals surface area contributed by atoms with E-state index in [0.29, 0.717) is 5.69 Å². The normalized spacial score (nSPS) is 10.8. The van der Waals surface area contributed by atoms with Gasteiger partial charge in [0, 0.05) is 25.6 Å². The van der Waals surface area contributed by atoms with Crippen molar-refractivity contribution in [2.24, 2.45) is 7.05 Å². The van der Waals surface area contributed by atoms with Gasteiger partial charge in [0.15, 0.2) is 5.69 Å². The van der Waals surface area contributed by atoms with Gasteiger partial charge in [0.05, 0.1) is 0 Å². The third kappa shape index (κ3) is 2.07. The molecule has 0 radical (unpaired) electrons.